The van der Waals surface area contributed by atoms with E-state index >= 15 is 0 Å². The number of benzene rings is 2. The minimum Gasteiger partial charge on any atom is -0.382 e. The number of carbonyl (C=O) groups excluding carboxylic acids is 1. The summed E-state index contributed by atoms with van der Waals surface area (Å²) in [7, 11) is -3.81. The predicted octanol–water partition coefficient (Wildman–Crippen LogP) is 3.39. The van der Waals surface area contributed by atoms with Crippen molar-refractivity contribution < 1.29 is 17.4 Å². The summed E-state index contributed by atoms with van der Waals surface area (Å²) in [5.74, 6) is -0.295. The molecule has 166 valence electrons. The molecular formula is C23H19N5O4S. The first-order valence-corrected chi connectivity index (χ1v) is 11.5. The van der Waals surface area contributed by atoms with Gasteiger partial charge in [0.25, 0.3) is 0 Å². The smallest absolute Gasteiger partial charge is 0.306 e. The molecule has 0 aliphatic heterocycles. The minimum atomic E-state index is -3.81. The van der Waals surface area contributed by atoms with E-state index in [1.807, 2.05) is 12.1 Å². The fourth-order valence-corrected chi connectivity index (χ4v) is 3.68. The SMILES string of the molecule is CS(=O)(=O)Oc1cccc(C(N)=O)c1-c1ccc(Nc2nccc(-c3cccnc3)n2)cc1. The van der Waals surface area contributed by atoms with Crippen LogP contribution in [-0.4, -0.2) is 35.5 Å². The molecule has 0 fully saturated rings. The van der Waals surface area contributed by atoms with Crippen molar-refractivity contribution in [3.63, 3.8) is 0 Å². The normalized spacial score (nSPS) is 11.1. The number of anilines is 2. The number of nitrogens with zero attached hydrogens (tertiary/aromatic N) is 3. The maximum Gasteiger partial charge on any atom is 0.306 e. The zero-order valence-corrected chi connectivity index (χ0v) is 18.3. The van der Waals surface area contributed by atoms with Gasteiger partial charge < -0.3 is 15.2 Å². The molecule has 2 aromatic heterocycles. The van der Waals surface area contributed by atoms with E-state index in [2.05, 4.69) is 20.3 Å². The molecular weight excluding hydrogens is 442 g/mol. The van der Waals surface area contributed by atoms with Crippen LogP contribution >= 0.6 is 0 Å². The van der Waals surface area contributed by atoms with E-state index in [9.17, 15) is 13.2 Å². The number of nitrogens with two attached hydrogens (primary N) is 1. The van der Waals surface area contributed by atoms with Crippen LogP contribution in [0.3, 0.4) is 0 Å². The Bertz CT molecular complexity index is 1410. The van der Waals surface area contributed by atoms with Crippen LogP contribution in [0.5, 0.6) is 5.75 Å². The summed E-state index contributed by atoms with van der Waals surface area (Å²) < 4.78 is 28.5. The fourth-order valence-electron chi connectivity index (χ4n) is 3.21. The van der Waals surface area contributed by atoms with Crippen LogP contribution < -0.4 is 15.2 Å². The van der Waals surface area contributed by atoms with Gasteiger partial charge in [-0.3, -0.25) is 9.78 Å². The van der Waals surface area contributed by atoms with Crippen LogP contribution in [0.4, 0.5) is 11.6 Å². The second kappa shape index (κ2) is 9.05. The highest BCUT2D eigenvalue weighted by Crippen LogP contribution is 2.35. The third kappa shape index (κ3) is 5.31. The van der Waals surface area contributed by atoms with Crippen LogP contribution in [0.15, 0.2) is 79.3 Å². The fraction of sp³-hybridized carbons (Fsp3) is 0.0435. The maximum absolute atomic E-state index is 12.0. The summed E-state index contributed by atoms with van der Waals surface area (Å²) in [6.45, 7) is 0. The lowest BCUT2D eigenvalue weighted by Crippen LogP contribution is -2.14. The van der Waals surface area contributed by atoms with Gasteiger partial charge in [-0.25, -0.2) is 9.97 Å². The molecule has 0 atom stereocenters. The zero-order chi connectivity index (χ0) is 23.4. The molecule has 33 heavy (non-hydrogen) atoms. The number of rotatable bonds is 7. The van der Waals surface area contributed by atoms with Crippen LogP contribution in [0.2, 0.25) is 0 Å². The topological polar surface area (TPSA) is 137 Å². The summed E-state index contributed by atoms with van der Waals surface area (Å²) in [5, 5.41) is 3.12. The Balaban J connectivity index is 1.64. The van der Waals surface area contributed by atoms with Crippen molar-refractivity contribution in [2.45, 2.75) is 0 Å². The first-order chi connectivity index (χ1) is 15.8. The average molecular weight is 462 g/mol. The Kier molecular flexibility index (Phi) is 6.01. The van der Waals surface area contributed by atoms with Crippen LogP contribution in [0.1, 0.15) is 10.4 Å². The standard InChI is InChI=1S/C23H19N5O4S/c1-33(30,31)32-20-6-2-5-18(22(24)29)21(20)15-7-9-17(10-8-15)27-23-26-13-11-19(28-23)16-4-3-12-25-14-16/h2-14H,1H3,(H2,24,29)(H,26,27,28). The third-order valence-corrected chi connectivity index (χ3v) is 5.06. The maximum atomic E-state index is 12.0. The monoisotopic (exact) mass is 461 g/mol. The van der Waals surface area contributed by atoms with E-state index in [0.29, 0.717) is 17.2 Å². The number of amides is 1. The van der Waals surface area contributed by atoms with Crippen molar-refractivity contribution in [3.05, 3.63) is 84.8 Å². The molecule has 0 aliphatic rings. The highest BCUT2D eigenvalue weighted by molar-refractivity contribution is 7.86. The molecule has 0 aliphatic carbocycles. The molecule has 0 spiro atoms. The highest BCUT2D eigenvalue weighted by Gasteiger charge is 2.18. The number of hydrogen-bond acceptors (Lipinski definition) is 8. The molecule has 0 radical (unpaired) electrons. The van der Waals surface area contributed by atoms with E-state index in [-0.39, 0.29) is 16.9 Å². The second-order valence-electron chi connectivity index (χ2n) is 7.04. The van der Waals surface area contributed by atoms with Gasteiger partial charge in [0.15, 0.2) is 5.75 Å². The van der Waals surface area contributed by atoms with Gasteiger partial charge >= 0.3 is 10.1 Å². The molecule has 2 aromatic carbocycles. The number of hydrogen-bond donors (Lipinski definition) is 2. The molecule has 9 nitrogen and oxygen atoms in total. The first kappa shape index (κ1) is 21.9. The Morgan fingerprint density at radius 1 is 0.970 bits per heavy atom. The number of primary amides is 1. The van der Waals surface area contributed by atoms with Crippen molar-refractivity contribution in [2.75, 3.05) is 11.6 Å². The van der Waals surface area contributed by atoms with Crippen molar-refractivity contribution in [3.8, 4) is 28.1 Å². The number of carbonyl (C=O) groups is 1. The second-order valence-corrected chi connectivity index (χ2v) is 8.61. The van der Waals surface area contributed by atoms with Gasteiger partial charge in [0.2, 0.25) is 11.9 Å². The largest absolute Gasteiger partial charge is 0.382 e. The molecule has 0 saturated carbocycles. The molecule has 4 rings (SSSR count). The molecule has 4 aromatic rings. The Morgan fingerprint density at radius 3 is 2.42 bits per heavy atom. The molecule has 1 amide bonds. The van der Waals surface area contributed by atoms with Gasteiger partial charge in [0.05, 0.1) is 17.5 Å². The molecule has 0 saturated heterocycles. The number of aromatic nitrogens is 3. The molecule has 0 bridgehead atoms. The third-order valence-electron chi connectivity index (χ3n) is 4.58. The lowest BCUT2D eigenvalue weighted by atomic mass is 9.98. The quantitative estimate of drug-likeness (QED) is 0.400. The Morgan fingerprint density at radius 2 is 1.76 bits per heavy atom. The summed E-state index contributed by atoms with van der Waals surface area (Å²) in [6.07, 6.45) is 5.98. The van der Waals surface area contributed by atoms with Gasteiger partial charge in [-0.1, -0.05) is 18.2 Å². The predicted molar refractivity (Wildman–Crippen MR) is 124 cm³/mol. The molecule has 3 N–H and O–H groups in total. The first-order valence-electron chi connectivity index (χ1n) is 9.73. The Hall–Kier alpha value is -4.31. The van der Waals surface area contributed by atoms with Gasteiger partial charge in [-0.15, -0.1) is 0 Å². The average Bonchev–Trinajstić information content (AvgIpc) is 2.79. The van der Waals surface area contributed by atoms with Gasteiger partial charge in [0, 0.05) is 35.4 Å². The van der Waals surface area contributed by atoms with Crippen LogP contribution in [0, 0.1) is 0 Å². The summed E-state index contributed by atoms with van der Waals surface area (Å²) in [4.78, 5) is 24.8. The molecule has 0 unspecified atom stereocenters. The molecule has 2 heterocycles. The summed E-state index contributed by atoms with van der Waals surface area (Å²) >= 11 is 0. The van der Waals surface area contributed by atoms with Crippen LogP contribution in [0.25, 0.3) is 22.4 Å². The van der Waals surface area contributed by atoms with Crippen molar-refractivity contribution in [1.29, 1.82) is 0 Å². The number of pyridine rings is 1. The van der Waals surface area contributed by atoms with E-state index in [4.69, 9.17) is 9.92 Å². The summed E-state index contributed by atoms with van der Waals surface area (Å²) in [5.41, 5.74) is 8.75. The van der Waals surface area contributed by atoms with E-state index < -0.39 is 16.0 Å². The van der Waals surface area contributed by atoms with Gasteiger partial charge in [-0.05, 0) is 48.0 Å². The van der Waals surface area contributed by atoms with Crippen molar-refractivity contribution >= 4 is 27.7 Å². The summed E-state index contributed by atoms with van der Waals surface area (Å²) in [6, 6.07) is 16.9. The Labute approximate surface area is 190 Å². The van der Waals surface area contributed by atoms with E-state index in [1.165, 1.54) is 18.2 Å². The van der Waals surface area contributed by atoms with E-state index in [0.717, 1.165) is 17.5 Å². The van der Waals surface area contributed by atoms with Gasteiger partial charge in [-0.2, -0.15) is 8.42 Å². The highest BCUT2D eigenvalue weighted by atomic mass is 32.2. The van der Waals surface area contributed by atoms with Crippen molar-refractivity contribution in [1.82, 2.24) is 15.0 Å². The van der Waals surface area contributed by atoms with Crippen LogP contribution in [-0.2, 0) is 10.1 Å². The zero-order valence-electron chi connectivity index (χ0n) is 17.5. The minimum absolute atomic E-state index is 0.0158. The van der Waals surface area contributed by atoms with Crippen molar-refractivity contribution in [2.24, 2.45) is 5.73 Å². The van der Waals surface area contributed by atoms with Gasteiger partial charge in [0.1, 0.15) is 0 Å². The lowest BCUT2D eigenvalue weighted by molar-refractivity contribution is 0.100. The molecule has 10 heteroatoms. The number of nitrogens with one attached hydrogen (secondary N) is 1. The lowest BCUT2D eigenvalue weighted by Gasteiger charge is -2.14. The van der Waals surface area contributed by atoms with E-state index in [1.54, 1.807) is 48.9 Å².